The molecule has 1 aliphatic heterocycles. The third kappa shape index (κ3) is 3.81. The van der Waals surface area contributed by atoms with Crippen LogP contribution in [0, 0.1) is 5.82 Å². The summed E-state index contributed by atoms with van der Waals surface area (Å²) in [6.45, 7) is 1.89. The van der Waals surface area contributed by atoms with Gasteiger partial charge in [-0.15, -0.1) is 0 Å². The molecule has 0 unspecified atom stereocenters. The second kappa shape index (κ2) is 7.75. The summed E-state index contributed by atoms with van der Waals surface area (Å²) in [7, 11) is 0. The van der Waals surface area contributed by atoms with Crippen molar-refractivity contribution >= 4 is 0 Å². The van der Waals surface area contributed by atoms with Crippen LogP contribution in [-0.2, 0) is 13.0 Å². The van der Waals surface area contributed by atoms with Crippen LogP contribution in [0.3, 0.4) is 0 Å². The molecule has 1 atom stereocenters. The molecule has 0 saturated carbocycles. The zero-order valence-electron chi connectivity index (χ0n) is 14.7. The van der Waals surface area contributed by atoms with Crippen LogP contribution in [0.2, 0.25) is 0 Å². The van der Waals surface area contributed by atoms with E-state index in [0.717, 1.165) is 43.0 Å². The molecule has 0 N–H and O–H groups in total. The van der Waals surface area contributed by atoms with Gasteiger partial charge in [-0.3, -0.25) is 14.9 Å². The number of nitrogens with zero attached hydrogens (tertiary/aromatic N) is 3. The maximum atomic E-state index is 13.9. The van der Waals surface area contributed by atoms with Gasteiger partial charge < -0.3 is 0 Å². The molecule has 4 rings (SSSR count). The maximum Gasteiger partial charge on any atom is 0.126 e. The molecule has 1 aromatic carbocycles. The largest absolute Gasteiger partial charge is 0.289 e. The molecule has 3 nitrogen and oxygen atoms in total. The van der Waals surface area contributed by atoms with Gasteiger partial charge in [0.15, 0.2) is 0 Å². The fraction of sp³-hybridized carbons (Fsp3) is 0.273. The Morgan fingerprint density at radius 2 is 1.81 bits per heavy atom. The topological polar surface area (TPSA) is 29.0 Å². The average molecular weight is 347 g/mol. The molecule has 132 valence electrons. The fourth-order valence-corrected chi connectivity index (χ4v) is 3.67. The molecule has 26 heavy (non-hydrogen) atoms. The monoisotopic (exact) mass is 347 g/mol. The van der Waals surface area contributed by atoms with Crippen molar-refractivity contribution in [2.24, 2.45) is 0 Å². The summed E-state index contributed by atoms with van der Waals surface area (Å²) in [5.41, 5.74) is 3.76. The Kier molecular flexibility index (Phi) is 5.02. The van der Waals surface area contributed by atoms with Crippen molar-refractivity contribution in [2.45, 2.75) is 31.8 Å². The van der Waals surface area contributed by atoms with Crippen molar-refractivity contribution in [1.82, 2.24) is 14.9 Å². The van der Waals surface area contributed by atoms with E-state index in [2.05, 4.69) is 22.0 Å². The molecular weight excluding hydrogens is 325 g/mol. The van der Waals surface area contributed by atoms with E-state index >= 15 is 0 Å². The molecular formula is C22H22FN3. The highest BCUT2D eigenvalue weighted by Crippen LogP contribution is 2.32. The van der Waals surface area contributed by atoms with Gasteiger partial charge in [-0.05, 0) is 55.3 Å². The molecule has 0 radical (unpaired) electrons. The second-order valence-electron chi connectivity index (χ2n) is 6.77. The van der Waals surface area contributed by atoms with E-state index in [-0.39, 0.29) is 5.82 Å². The lowest BCUT2D eigenvalue weighted by Gasteiger charge is -2.24. The number of hydrogen-bond acceptors (Lipinski definition) is 3. The van der Waals surface area contributed by atoms with Crippen LogP contribution in [0.15, 0.2) is 66.9 Å². The minimum atomic E-state index is -0.169. The zero-order valence-corrected chi connectivity index (χ0v) is 14.7. The average Bonchev–Trinajstić information content (AvgIpc) is 3.13. The number of likely N-dealkylation sites (tertiary alicyclic amines) is 1. The molecule has 0 spiro atoms. The molecule has 0 aliphatic carbocycles. The van der Waals surface area contributed by atoms with Crippen LogP contribution in [0.1, 0.15) is 41.5 Å². The zero-order chi connectivity index (χ0) is 17.8. The van der Waals surface area contributed by atoms with Crippen LogP contribution in [0.4, 0.5) is 4.39 Å². The highest BCUT2D eigenvalue weighted by Gasteiger charge is 2.27. The molecule has 0 amide bonds. The summed E-state index contributed by atoms with van der Waals surface area (Å²) < 4.78 is 13.9. The van der Waals surface area contributed by atoms with Gasteiger partial charge in [0.25, 0.3) is 0 Å². The Bertz CT molecular complexity index is 866. The lowest BCUT2D eigenvalue weighted by Crippen LogP contribution is -2.24. The van der Waals surface area contributed by atoms with Crippen LogP contribution >= 0.6 is 0 Å². The van der Waals surface area contributed by atoms with E-state index in [4.69, 9.17) is 4.98 Å². The summed E-state index contributed by atoms with van der Waals surface area (Å²) in [6, 6.07) is 19.4. The summed E-state index contributed by atoms with van der Waals surface area (Å²) in [5.74, 6) is -0.169. The smallest absolute Gasteiger partial charge is 0.126 e. The lowest BCUT2D eigenvalue weighted by molar-refractivity contribution is 0.241. The van der Waals surface area contributed by atoms with Crippen LogP contribution in [0.25, 0.3) is 0 Å². The molecule has 1 saturated heterocycles. The van der Waals surface area contributed by atoms with Crippen molar-refractivity contribution < 1.29 is 4.39 Å². The third-order valence-corrected chi connectivity index (χ3v) is 4.95. The minimum Gasteiger partial charge on any atom is -0.289 e. The number of hydrogen-bond donors (Lipinski definition) is 0. The van der Waals surface area contributed by atoms with Crippen molar-refractivity contribution in [3.05, 3.63) is 95.3 Å². The first-order valence-corrected chi connectivity index (χ1v) is 9.13. The Labute approximate surface area is 153 Å². The molecule has 1 fully saturated rings. The van der Waals surface area contributed by atoms with Crippen LogP contribution in [-0.4, -0.2) is 21.4 Å². The Morgan fingerprint density at radius 3 is 2.65 bits per heavy atom. The highest BCUT2D eigenvalue weighted by atomic mass is 19.1. The van der Waals surface area contributed by atoms with E-state index in [9.17, 15) is 4.39 Å². The lowest BCUT2D eigenvalue weighted by atomic mass is 10.1. The van der Waals surface area contributed by atoms with E-state index in [1.807, 2.05) is 42.6 Å². The standard InChI is InChI=1S/C22H22FN3/c23-20-10-2-1-7-17(20)15-18-9-5-11-21(25-18)22-12-6-14-26(22)16-19-8-3-4-13-24-19/h1-5,7-11,13,22H,6,12,14-16H2/t22-/m1/s1. The number of rotatable bonds is 5. The molecule has 3 aromatic rings. The van der Waals surface area contributed by atoms with Crippen molar-refractivity contribution in [3.8, 4) is 0 Å². The van der Waals surface area contributed by atoms with Gasteiger partial charge in [0, 0.05) is 24.9 Å². The molecule has 1 aliphatic rings. The first-order valence-electron chi connectivity index (χ1n) is 9.13. The van der Waals surface area contributed by atoms with Crippen LogP contribution < -0.4 is 0 Å². The van der Waals surface area contributed by atoms with Crippen molar-refractivity contribution in [1.29, 1.82) is 0 Å². The molecule has 4 heteroatoms. The van der Waals surface area contributed by atoms with Gasteiger partial charge in [-0.2, -0.15) is 0 Å². The number of halogens is 1. The maximum absolute atomic E-state index is 13.9. The quantitative estimate of drug-likeness (QED) is 0.678. The summed E-state index contributed by atoms with van der Waals surface area (Å²) in [6.07, 6.45) is 4.63. The van der Waals surface area contributed by atoms with Gasteiger partial charge in [0.1, 0.15) is 5.82 Å². The predicted molar refractivity (Wildman–Crippen MR) is 100 cm³/mol. The fourth-order valence-electron chi connectivity index (χ4n) is 3.67. The first kappa shape index (κ1) is 16.9. The Morgan fingerprint density at radius 1 is 0.962 bits per heavy atom. The minimum absolute atomic E-state index is 0.169. The highest BCUT2D eigenvalue weighted by molar-refractivity contribution is 5.25. The SMILES string of the molecule is Fc1ccccc1Cc1cccc([C@H]2CCCN2Cc2ccccn2)n1. The number of pyridine rings is 2. The molecule has 0 bridgehead atoms. The van der Waals surface area contributed by atoms with Crippen molar-refractivity contribution in [2.75, 3.05) is 6.54 Å². The van der Waals surface area contributed by atoms with Crippen molar-refractivity contribution in [3.63, 3.8) is 0 Å². The van der Waals surface area contributed by atoms with E-state index < -0.39 is 0 Å². The normalized spacial score (nSPS) is 17.5. The Hall–Kier alpha value is -2.59. The second-order valence-corrected chi connectivity index (χ2v) is 6.77. The first-order chi connectivity index (χ1) is 12.8. The third-order valence-electron chi connectivity index (χ3n) is 4.95. The van der Waals surface area contributed by atoms with Gasteiger partial charge in [-0.25, -0.2) is 4.39 Å². The van der Waals surface area contributed by atoms with E-state index in [0.29, 0.717) is 18.0 Å². The molecule has 3 heterocycles. The summed E-state index contributed by atoms with van der Waals surface area (Å²) >= 11 is 0. The number of aromatic nitrogens is 2. The van der Waals surface area contributed by atoms with Gasteiger partial charge >= 0.3 is 0 Å². The summed E-state index contributed by atoms with van der Waals surface area (Å²) in [5, 5.41) is 0. The van der Waals surface area contributed by atoms with E-state index in [1.54, 1.807) is 6.07 Å². The van der Waals surface area contributed by atoms with Gasteiger partial charge in [-0.1, -0.05) is 30.3 Å². The summed E-state index contributed by atoms with van der Waals surface area (Å²) in [4.78, 5) is 11.7. The number of benzene rings is 1. The molecule has 2 aromatic heterocycles. The van der Waals surface area contributed by atoms with Crippen LogP contribution in [0.5, 0.6) is 0 Å². The predicted octanol–water partition coefficient (Wildman–Crippen LogP) is 4.54. The Balaban J connectivity index is 1.53. The van der Waals surface area contributed by atoms with Gasteiger partial charge in [0.05, 0.1) is 17.4 Å². The van der Waals surface area contributed by atoms with E-state index in [1.165, 1.54) is 6.07 Å². The van der Waals surface area contributed by atoms with Gasteiger partial charge in [0.2, 0.25) is 0 Å².